The minimum absolute atomic E-state index is 0.254. The maximum atomic E-state index is 14.1. The molecule has 5 nitrogen and oxygen atoms in total. The SMILES string of the molecule is CC.Cc1ccc(Nc2sc(C#N)c(C)c2C(=O)NOCC2CC2)c(F)c1. The molecule has 0 unspecified atom stereocenters. The fraction of sp³-hybridized carbons (Fsp3) is 0.400. The van der Waals surface area contributed by atoms with Crippen molar-refractivity contribution in [3.63, 3.8) is 0 Å². The summed E-state index contributed by atoms with van der Waals surface area (Å²) in [5.74, 6) is -0.343. The standard InChI is InChI=1S/C18H18FN3O2S.C2H6/c1-10-3-6-14(13(19)7-10)21-18-16(11(2)15(8-20)25-18)17(23)22-24-9-12-4-5-12;1-2/h3,6-7,12,21H,4-5,9H2,1-2H3,(H,22,23);1-2H3. The lowest BCUT2D eigenvalue weighted by atomic mass is 10.1. The molecule has 3 rings (SSSR count). The Labute approximate surface area is 163 Å². The van der Waals surface area contributed by atoms with E-state index in [1.165, 1.54) is 6.07 Å². The molecule has 1 fully saturated rings. The second kappa shape index (κ2) is 9.49. The highest BCUT2D eigenvalue weighted by Crippen LogP contribution is 2.35. The van der Waals surface area contributed by atoms with Gasteiger partial charge in [-0.1, -0.05) is 19.9 Å². The number of aryl methyl sites for hydroxylation is 1. The van der Waals surface area contributed by atoms with Crippen molar-refractivity contribution in [3.05, 3.63) is 45.6 Å². The van der Waals surface area contributed by atoms with Crippen molar-refractivity contribution in [1.82, 2.24) is 5.48 Å². The highest BCUT2D eigenvalue weighted by Gasteiger charge is 2.24. The molecule has 1 aliphatic rings. The van der Waals surface area contributed by atoms with E-state index in [1.807, 2.05) is 13.8 Å². The van der Waals surface area contributed by atoms with Crippen LogP contribution in [0.3, 0.4) is 0 Å². The Morgan fingerprint density at radius 2 is 2.07 bits per heavy atom. The number of benzene rings is 1. The molecule has 1 aromatic carbocycles. The number of nitrogens with one attached hydrogen (secondary N) is 2. The van der Waals surface area contributed by atoms with Gasteiger partial charge in [0.25, 0.3) is 5.91 Å². The van der Waals surface area contributed by atoms with Gasteiger partial charge in [-0.15, -0.1) is 11.3 Å². The van der Waals surface area contributed by atoms with E-state index >= 15 is 0 Å². The fourth-order valence-electron chi connectivity index (χ4n) is 2.39. The van der Waals surface area contributed by atoms with E-state index in [0.29, 0.717) is 33.5 Å². The summed E-state index contributed by atoms with van der Waals surface area (Å²) in [5.41, 5.74) is 4.33. The number of anilines is 2. The van der Waals surface area contributed by atoms with Crippen LogP contribution >= 0.6 is 11.3 Å². The van der Waals surface area contributed by atoms with Gasteiger partial charge in [0.05, 0.1) is 17.9 Å². The first-order chi connectivity index (χ1) is 13.0. The minimum Gasteiger partial charge on any atom is -0.344 e. The van der Waals surface area contributed by atoms with Crippen molar-refractivity contribution in [2.45, 2.75) is 40.5 Å². The number of nitrogens with zero attached hydrogens (tertiary/aromatic N) is 1. The zero-order chi connectivity index (χ0) is 20.0. The number of carbonyl (C=O) groups excluding carboxylic acids is 1. The van der Waals surface area contributed by atoms with Crippen LogP contribution in [-0.2, 0) is 4.84 Å². The third-order valence-corrected chi connectivity index (χ3v) is 5.14. The third kappa shape index (κ3) is 5.28. The lowest BCUT2D eigenvalue weighted by molar-refractivity contribution is 0.0271. The van der Waals surface area contributed by atoms with E-state index in [9.17, 15) is 14.4 Å². The number of hydroxylamine groups is 1. The molecule has 7 heteroatoms. The summed E-state index contributed by atoms with van der Waals surface area (Å²) in [5, 5.41) is 12.6. The number of rotatable bonds is 6. The van der Waals surface area contributed by atoms with Gasteiger partial charge in [0.2, 0.25) is 0 Å². The topological polar surface area (TPSA) is 74.2 Å². The average Bonchev–Trinajstić information content (AvgIpc) is 3.42. The number of hydrogen-bond donors (Lipinski definition) is 2. The molecule has 0 atom stereocenters. The van der Waals surface area contributed by atoms with Crippen LogP contribution in [0.2, 0.25) is 0 Å². The number of halogens is 1. The normalized spacial score (nSPS) is 12.6. The summed E-state index contributed by atoms with van der Waals surface area (Å²) in [6.07, 6.45) is 2.23. The second-order valence-corrected chi connectivity index (χ2v) is 7.19. The Hall–Kier alpha value is -2.43. The van der Waals surface area contributed by atoms with Crippen LogP contribution in [0.25, 0.3) is 0 Å². The molecule has 27 heavy (non-hydrogen) atoms. The molecular formula is C20H24FN3O2S. The Balaban J connectivity index is 0.00000126. The van der Waals surface area contributed by atoms with Gasteiger partial charge < -0.3 is 5.32 Å². The Morgan fingerprint density at radius 1 is 1.37 bits per heavy atom. The van der Waals surface area contributed by atoms with E-state index in [-0.39, 0.29) is 5.69 Å². The smallest absolute Gasteiger partial charge is 0.278 e. The first kappa shape index (κ1) is 20.9. The van der Waals surface area contributed by atoms with Gasteiger partial charge in [-0.25, -0.2) is 9.87 Å². The second-order valence-electron chi connectivity index (χ2n) is 6.17. The highest BCUT2D eigenvalue weighted by atomic mass is 32.1. The van der Waals surface area contributed by atoms with Crippen LogP contribution in [0.4, 0.5) is 15.1 Å². The molecule has 2 aromatic rings. The number of nitriles is 1. The van der Waals surface area contributed by atoms with Crippen LogP contribution < -0.4 is 10.8 Å². The molecule has 0 bridgehead atoms. The average molecular weight is 389 g/mol. The summed E-state index contributed by atoms with van der Waals surface area (Å²) >= 11 is 1.12. The number of thiophene rings is 1. The van der Waals surface area contributed by atoms with Gasteiger partial charge in [0.1, 0.15) is 21.8 Å². The highest BCUT2D eigenvalue weighted by molar-refractivity contribution is 7.17. The molecule has 0 aliphatic heterocycles. The van der Waals surface area contributed by atoms with Crippen molar-refractivity contribution in [1.29, 1.82) is 5.26 Å². The maximum Gasteiger partial charge on any atom is 0.278 e. The summed E-state index contributed by atoms with van der Waals surface area (Å²) in [6.45, 7) is 7.98. The molecule has 144 valence electrons. The van der Waals surface area contributed by atoms with Crippen LogP contribution in [0.5, 0.6) is 0 Å². The van der Waals surface area contributed by atoms with Gasteiger partial charge in [-0.05, 0) is 55.9 Å². The van der Waals surface area contributed by atoms with E-state index in [2.05, 4.69) is 16.9 Å². The van der Waals surface area contributed by atoms with E-state index < -0.39 is 11.7 Å². The summed E-state index contributed by atoms with van der Waals surface area (Å²) in [4.78, 5) is 18.1. The number of hydrogen-bond acceptors (Lipinski definition) is 5. The molecule has 2 N–H and O–H groups in total. The van der Waals surface area contributed by atoms with Crippen molar-refractivity contribution in [2.24, 2.45) is 5.92 Å². The Bertz CT molecular complexity index is 854. The first-order valence-electron chi connectivity index (χ1n) is 8.98. The zero-order valence-corrected chi connectivity index (χ0v) is 16.8. The van der Waals surface area contributed by atoms with Gasteiger partial charge in [0.15, 0.2) is 0 Å². The molecule has 0 saturated heterocycles. The van der Waals surface area contributed by atoms with Gasteiger partial charge >= 0.3 is 0 Å². The van der Waals surface area contributed by atoms with Gasteiger partial charge in [-0.3, -0.25) is 9.63 Å². The lowest BCUT2D eigenvalue weighted by Crippen LogP contribution is -2.25. The summed E-state index contributed by atoms with van der Waals surface area (Å²) < 4.78 is 14.1. The minimum atomic E-state index is -0.439. The molecule has 1 saturated carbocycles. The maximum absolute atomic E-state index is 14.1. The van der Waals surface area contributed by atoms with E-state index in [4.69, 9.17) is 4.84 Å². The zero-order valence-electron chi connectivity index (χ0n) is 16.0. The van der Waals surface area contributed by atoms with Crippen molar-refractivity contribution in [3.8, 4) is 6.07 Å². The Kier molecular flexibility index (Phi) is 7.34. The quantitative estimate of drug-likeness (QED) is 0.665. The van der Waals surface area contributed by atoms with Crippen molar-refractivity contribution >= 4 is 27.9 Å². The van der Waals surface area contributed by atoms with E-state index in [0.717, 1.165) is 29.7 Å². The largest absolute Gasteiger partial charge is 0.344 e. The molecule has 0 spiro atoms. The molecule has 0 radical (unpaired) electrons. The van der Waals surface area contributed by atoms with Crippen LogP contribution in [0, 0.1) is 36.9 Å². The number of carbonyl (C=O) groups is 1. The van der Waals surface area contributed by atoms with Gasteiger partial charge in [0, 0.05) is 0 Å². The molecule has 1 aliphatic carbocycles. The van der Waals surface area contributed by atoms with Crippen molar-refractivity contribution < 1.29 is 14.0 Å². The monoisotopic (exact) mass is 389 g/mol. The summed E-state index contributed by atoms with van der Waals surface area (Å²) in [6, 6.07) is 6.86. The van der Waals surface area contributed by atoms with Crippen molar-refractivity contribution in [2.75, 3.05) is 11.9 Å². The molecular weight excluding hydrogens is 365 g/mol. The van der Waals surface area contributed by atoms with Gasteiger partial charge in [-0.2, -0.15) is 5.26 Å². The first-order valence-corrected chi connectivity index (χ1v) is 9.80. The number of amides is 1. The van der Waals surface area contributed by atoms with Crippen LogP contribution in [0.1, 0.15) is 53.1 Å². The summed E-state index contributed by atoms with van der Waals surface area (Å²) in [7, 11) is 0. The lowest BCUT2D eigenvalue weighted by Gasteiger charge is -2.10. The fourth-order valence-corrected chi connectivity index (χ4v) is 3.40. The molecule has 1 heterocycles. The molecule has 1 aromatic heterocycles. The molecule has 1 amide bonds. The van der Waals surface area contributed by atoms with E-state index in [1.54, 1.807) is 26.0 Å². The Morgan fingerprint density at radius 3 is 2.67 bits per heavy atom. The third-order valence-electron chi connectivity index (χ3n) is 4.03. The predicted molar refractivity (Wildman–Crippen MR) is 106 cm³/mol. The van der Waals surface area contributed by atoms with Crippen LogP contribution in [0.15, 0.2) is 18.2 Å². The predicted octanol–water partition coefficient (Wildman–Crippen LogP) is 5.22. The van der Waals surface area contributed by atoms with Crippen LogP contribution in [-0.4, -0.2) is 12.5 Å².